The fraction of sp³-hybridized carbons (Fsp3) is 0.959. The second kappa shape index (κ2) is 17.7. The molecule has 1 amide bonds. The van der Waals surface area contributed by atoms with Crippen molar-refractivity contribution in [2.45, 2.75) is 197 Å². The predicted molar refractivity (Wildman–Crippen MR) is 222 cm³/mol. The van der Waals surface area contributed by atoms with Crippen LogP contribution in [0.15, 0.2) is 0 Å². The van der Waals surface area contributed by atoms with Crippen LogP contribution in [0.1, 0.15) is 197 Å². The Morgan fingerprint density at radius 1 is 0.593 bits per heavy atom. The van der Waals surface area contributed by atoms with Gasteiger partial charge < -0.3 is 14.8 Å². The van der Waals surface area contributed by atoms with Gasteiger partial charge in [-0.15, -0.1) is 0 Å². The van der Waals surface area contributed by atoms with E-state index in [0.29, 0.717) is 48.8 Å². The summed E-state index contributed by atoms with van der Waals surface area (Å²) >= 11 is 0. The summed E-state index contributed by atoms with van der Waals surface area (Å²) in [6.45, 7) is 21.6. The summed E-state index contributed by atoms with van der Waals surface area (Å²) in [5, 5.41) is 3.05. The number of hydrogen-bond donors (Lipinski definition) is 1. The van der Waals surface area contributed by atoms with Crippen molar-refractivity contribution in [3.63, 3.8) is 0 Å². The largest absolute Gasteiger partial charge is 0.465 e. The highest BCUT2D eigenvalue weighted by atomic mass is 16.5. The molecular weight excluding hydrogens is 667 g/mol. The van der Waals surface area contributed by atoms with E-state index in [0.717, 1.165) is 79.4 Å². The Kier molecular flexibility index (Phi) is 13.9. The Morgan fingerprint density at radius 2 is 1.07 bits per heavy atom. The zero-order valence-corrected chi connectivity index (χ0v) is 36.6. The van der Waals surface area contributed by atoms with Gasteiger partial charge in [0.15, 0.2) is 0 Å². The van der Waals surface area contributed by atoms with Gasteiger partial charge >= 0.3 is 12.1 Å². The number of esters is 1. The summed E-state index contributed by atoms with van der Waals surface area (Å²) in [6, 6.07) is 0. The molecule has 54 heavy (non-hydrogen) atoms. The van der Waals surface area contributed by atoms with E-state index in [1.165, 1.54) is 103 Å². The van der Waals surface area contributed by atoms with Gasteiger partial charge in [-0.1, -0.05) is 87.5 Å². The summed E-state index contributed by atoms with van der Waals surface area (Å²) in [6.07, 6.45) is 26.9. The van der Waals surface area contributed by atoms with Gasteiger partial charge in [-0.05, 0) is 173 Å². The van der Waals surface area contributed by atoms with Gasteiger partial charge in [0.2, 0.25) is 0 Å². The SMILES string of the molecule is CC(C)C1CCC2C(CCC3[C@@](C)(COC(=O)NCCCCCCCC(=O)OC[C@]4(C)CCC[C@]5(C)C6CCC(C(C)C)CC6CCC45)CCC[C@@]23C)C1. The minimum Gasteiger partial charge on any atom is -0.465 e. The molecule has 6 aliphatic carbocycles. The van der Waals surface area contributed by atoms with E-state index in [9.17, 15) is 9.59 Å². The third kappa shape index (κ3) is 9.06. The number of carbonyl (C=O) groups is 2. The quantitative estimate of drug-likeness (QED) is 0.142. The molecule has 6 aliphatic rings. The van der Waals surface area contributed by atoms with Gasteiger partial charge in [0.05, 0.1) is 13.2 Å². The van der Waals surface area contributed by atoms with Crippen molar-refractivity contribution in [1.29, 1.82) is 0 Å². The van der Waals surface area contributed by atoms with E-state index >= 15 is 0 Å². The zero-order chi connectivity index (χ0) is 38.7. The van der Waals surface area contributed by atoms with E-state index < -0.39 is 0 Å². The molecule has 0 spiro atoms. The first kappa shape index (κ1) is 42.3. The Balaban J connectivity index is 0.834. The zero-order valence-electron chi connectivity index (χ0n) is 36.6. The smallest absolute Gasteiger partial charge is 0.407 e. The third-order valence-electron chi connectivity index (χ3n) is 18.4. The number of unbranched alkanes of at least 4 members (excludes halogenated alkanes) is 4. The Labute approximate surface area is 332 Å². The highest BCUT2D eigenvalue weighted by Crippen LogP contribution is 2.66. The van der Waals surface area contributed by atoms with E-state index in [-0.39, 0.29) is 22.9 Å². The van der Waals surface area contributed by atoms with Crippen molar-refractivity contribution in [3.8, 4) is 0 Å². The second-order valence-corrected chi connectivity index (χ2v) is 22.3. The van der Waals surface area contributed by atoms with Crippen LogP contribution in [0, 0.1) is 80.8 Å². The first-order valence-electron chi connectivity index (χ1n) is 23.7. The summed E-state index contributed by atoms with van der Waals surface area (Å²) in [5.41, 5.74) is 1.02. The molecule has 5 nitrogen and oxygen atoms in total. The normalized spacial score (nSPS) is 42.0. The predicted octanol–water partition coefficient (Wildman–Crippen LogP) is 13.2. The van der Waals surface area contributed by atoms with Crippen molar-refractivity contribution >= 4 is 12.1 Å². The number of rotatable bonds is 14. The molecule has 0 bridgehead atoms. The molecule has 6 fully saturated rings. The first-order valence-corrected chi connectivity index (χ1v) is 23.7. The summed E-state index contributed by atoms with van der Waals surface area (Å²) in [4.78, 5) is 25.7. The molecular formula is C49H85NO4. The molecule has 6 saturated carbocycles. The van der Waals surface area contributed by atoms with Gasteiger partial charge in [-0.25, -0.2) is 4.79 Å². The molecule has 0 aliphatic heterocycles. The van der Waals surface area contributed by atoms with Crippen LogP contribution in [0.5, 0.6) is 0 Å². The average molecular weight is 752 g/mol. The Bertz CT molecular complexity index is 1150. The standard InChI is InChI=1S/C49H85NO4/c1-34(2)36-17-21-40-38(30-36)19-23-42-46(5,25-14-27-48(40,42)7)32-53-44(51)16-12-10-9-11-13-29-50-45(52)54-33-47(6)26-15-28-49(8)41-22-18-37(35(3)4)31-39(41)20-24-43(47)49/h34-43H,9-33H2,1-8H3,(H,50,52)/t36?,37?,38?,39?,40?,41?,42?,43?,46-,47+,48+,49-/m0/s1. The lowest BCUT2D eigenvalue weighted by Crippen LogP contribution is -2.55. The van der Waals surface area contributed by atoms with Crippen LogP contribution in [0.4, 0.5) is 4.79 Å². The molecule has 8 unspecified atom stereocenters. The van der Waals surface area contributed by atoms with Crippen LogP contribution in [0.25, 0.3) is 0 Å². The topological polar surface area (TPSA) is 64.6 Å². The molecule has 0 saturated heterocycles. The monoisotopic (exact) mass is 752 g/mol. The lowest BCUT2D eigenvalue weighted by atomic mass is 9.44. The van der Waals surface area contributed by atoms with Gasteiger partial charge in [-0.2, -0.15) is 0 Å². The number of nitrogens with one attached hydrogen (secondary N) is 1. The molecule has 1 N–H and O–H groups in total. The number of hydrogen-bond acceptors (Lipinski definition) is 4. The van der Waals surface area contributed by atoms with Gasteiger partial charge in [0, 0.05) is 23.8 Å². The summed E-state index contributed by atoms with van der Waals surface area (Å²) < 4.78 is 12.1. The number of alkyl carbamates (subject to hydrolysis) is 1. The fourth-order valence-corrected chi connectivity index (χ4v) is 15.3. The van der Waals surface area contributed by atoms with Crippen LogP contribution in [-0.4, -0.2) is 31.8 Å². The van der Waals surface area contributed by atoms with Crippen molar-refractivity contribution in [3.05, 3.63) is 0 Å². The van der Waals surface area contributed by atoms with E-state index in [4.69, 9.17) is 9.47 Å². The van der Waals surface area contributed by atoms with Crippen LogP contribution in [0.3, 0.4) is 0 Å². The first-order chi connectivity index (χ1) is 25.7. The molecule has 5 heteroatoms. The van der Waals surface area contributed by atoms with E-state index in [1.54, 1.807) is 0 Å². The Hall–Kier alpha value is -1.26. The highest BCUT2D eigenvalue weighted by molar-refractivity contribution is 5.69. The molecule has 6 rings (SSSR count). The molecule has 0 radical (unpaired) electrons. The fourth-order valence-electron chi connectivity index (χ4n) is 15.3. The molecule has 0 heterocycles. The van der Waals surface area contributed by atoms with Crippen molar-refractivity contribution in [1.82, 2.24) is 5.32 Å². The third-order valence-corrected chi connectivity index (χ3v) is 18.4. The lowest BCUT2D eigenvalue weighted by Gasteiger charge is -2.61. The second-order valence-electron chi connectivity index (χ2n) is 22.3. The van der Waals surface area contributed by atoms with Gasteiger partial charge in [0.1, 0.15) is 0 Å². The molecule has 0 aromatic heterocycles. The maximum Gasteiger partial charge on any atom is 0.407 e. The molecule has 0 aromatic carbocycles. The van der Waals surface area contributed by atoms with E-state index in [2.05, 4.69) is 60.7 Å². The molecule has 12 atom stereocenters. The van der Waals surface area contributed by atoms with Crippen LogP contribution in [0.2, 0.25) is 0 Å². The van der Waals surface area contributed by atoms with Crippen LogP contribution < -0.4 is 5.32 Å². The minimum absolute atomic E-state index is 0.00225. The highest BCUT2D eigenvalue weighted by Gasteiger charge is 2.58. The van der Waals surface area contributed by atoms with Gasteiger partial charge in [0.25, 0.3) is 0 Å². The maximum absolute atomic E-state index is 12.9. The lowest BCUT2D eigenvalue weighted by molar-refractivity contribution is -0.163. The molecule has 0 aromatic rings. The molecule has 310 valence electrons. The van der Waals surface area contributed by atoms with Gasteiger partial charge in [-0.3, -0.25) is 4.79 Å². The maximum atomic E-state index is 12.9. The summed E-state index contributed by atoms with van der Waals surface area (Å²) in [5.74, 6) is 8.32. The average Bonchev–Trinajstić information content (AvgIpc) is 3.13. The van der Waals surface area contributed by atoms with Crippen LogP contribution in [-0.2, 0) is 14.3 Å². The Morgan fingerprint density at radius 3 is 1.59 bits per heavy atom. The number of amides is 1. The van der Waals surface area contributed by atoms with Crippen molar-refractivity contribution in [2.75, 3.05) is 19.8 Å². The van der Waals surface area contributed by atoms with Crippen LogP contribution >= 0.6 is 0 Å². The van der Waals surface area contributed by atoms with E-state index in [1.807, 2.05) is 0 Å². The van der Waals surface area contributed by atoms with Crippen molar-refractivity contribution < 1.29 is 19.1 Å². The number of fused-ring (bicyclic) bond motifs is 6. The summed E-state index contributed by atoms with van der Waals surface area (Å²) in [7, 11) is 0. The minimum atomic E-state index is -0.240. The number of carbonyl (C=O) groups excluding carboxylic acids is 2. The number of ether oxygens (including phenoxy) is 2. The van der Waals surface area contributed by atoms with Crippen molar-refractivity contribution in [2.24, 2.45) is 80.8 Å².